The summed E-state index contributed by atoms with van der Waals surface area (Å²) in [6, 6.07) is 6.76. The zero-order valence-electron chi connectivity index (χ0n) is 9.34. The Balaban J connectivity index is 2.65. The molecule has 5 nitrogen and oxygen atoms in total. The number of carbonyl (C=O) groups excluding carboxylic acids is 2. The van der Waals surface area contributed by atoms with Crippen LogP contribution in [0.3, 0.4) is 0 Å². The normalized spacial score (nSPS) is 10.1. The average Bonchev–Trinajstić information content (AvgIpc) is 2.82. The van der Waals surface area contributed by atoms with Crippen LogP contribution in [0.15, 0.2) is 28.8 Å². The smallest absolute Gasteiger partial charge is 0.344 e. The van der Waals surface area contributed by atoms with Gasteiger partial charge >= 0.3 is 5.97 Å². The molecule has 0 aliphatic carbocycles. The Labute approximate surface area is 107 Å². The van der Waals surface area contributed by atoms with Crippen LogP contribution in [0.1, 0.15) is 20.8 Å². The van der Waals surface area contributed by atoms with Gasteiger partial charge in [0.1, 0.15) is 5.56 Å². The van der Waals surface area contributed by atoms with Crippen molar-refractivity contribution in [1.29, 1.82) is 0 Å². The molecule has 1 heterocycles. The summed E-state index contributed by atoms with van der Waals surface area (Å²) in [5.41, 5.74) is 0.331. The van der Waals surface area contributed by atoms with Crippen molar-refractivity contribution in [3.05, 3.63) is 40.5 Å². The van der Waals surface area contributed by atoms with Crippen LogP contribution in [0.2, 0.25) is 5.02 Å². The van der Waals surface area contributed by atoms with E-state index in [1.54, 1.807) is 24.3 Å². The second-order valence-corrected chi connectivity index (χ2v) is 3.77. The Bertz CT molecular complexity index is 606. The maximum absolute atomic E-state index is 11.6. The van der Waals surface area contributed by atoms with E-state index in [1.807, 2.05) is 0 Å². The molecule has 0 aliphatic rings. The fraction of sp³-hybridized carbons (Fsp3) is 0.0833. The molecule has 2 aromatic rings. The van der Waals surface area contributed by atoms with Crippen molar-refractivity contribution in [2.24, 2.45) is 0 Å². The molecule has 0 saturated carbocycles. The van der Waals surface area contributed by atoms with E-state index in [0.717, 1.165) is 0 Å². The van der Waals surface area contributed by atoms with Gasteiger partial charge in [0.05, 0.1) is 12.1 Å². The largest absolute Gasteiger partial charge is 0.465 e. The van der Waals surface area contributed by atoms with Crippen LogP contribution in [0.4, 0.5) is 0 Å². The van der Waals surface area contributed by atoms with Gasteiger partial charge in [-0.3, -0.25) is 4.79 Å². The minimum absolute atomic E-state index is 0.0272. The number of esters is 1. The quantitative estimate of drug-likeness (QED) is 0.630. The van der Waals surface area contributed by atoms with Gasteiger partial charge in [-0.15, -0.1) is 0 Å². The average molecular weight is 266 g/mol. The molecule has 2 rings (SSSR count). The molecule has 6 heteroatoms. The van der Waals surface area contributed by atoms with Gasteiger partial charge in [-0.2, -0.15) is 0 Å². The minimum Gasteiger partial charge on any atom is -0.465 e. The number of benzene rings is 1. The number of aromatic nitrogens is 1. The fourth-order valence-electron chi connectivity index (χ4n) is 1.51. The van der Waals surface area contributed by atoms with Gasteiger partial charge in [0.2, 0.25) is 0 Å². The van der Waals surface area contributed by atoms with E-state index in [0.29, 0.717) is 16.9 Å². The van der Waals surface area contributed by atoms with Crippen LogP contribution >= 0.6 is 11.6 Å². The summed E-state index contributed by atoms with van der Waals surface area (Å²) in [6.07, 6.45) is 0.427. The second-order valence-electron chi connectivity index (χ2n) is 3.36. The topological polar surface area (TPSA) is 69.4 Å². The van der Waals surface area contributed by atoms with E-state index in [1.165, 1.54) is 7.11 Å². The monoisotopic (exact) mass is 265 g/mol. The number of hydrogen-bond acceptors (Lipinski definition) is 5. The third-order valence-electron chi connectivity index (χ3n) is 2.34. The Morgan fingerprint density at radius 2 is 2.17 bits per heavy atom. The molecule has 0 saturated heterocycles. The third kappa shape index (κ3) is 2.00. The molecule has 18 heavy (non-hydrogen) atoms. The molecular formula is C12H8ClNO4. The summed E-state index contributed by atoms with van der Waals surface area (Å²) >= 11 is 6.00. The summed E-state index contributed by atoms with van der Waals surface area (Å²) < 4.78 is 9.61. The van der Waals surface area contributed by atoms with Crippen LogP contribution in [-0.2, 0) is 4.74 Å². The summed E-state index contributed by atoms with van der Waals surface area (Å²) in [4.78, 5) is 22.4. The Kier molecular flexibility index (Phi) is 3.43. The fourth-order valence-corrected chi connectivity index (χ4v) is 1.73. The SMILES string of the molecule is COC(=O)c1c(C=O)noc1-c1ccccc1Cl. The lowest BCUT2D eigenvalue weighted by Crippen LogP contribution is -2.05. The highest BCUT2D eigenvalue weighted by molar-refractivity contribution is 6.33. The first-order valence-corrected chi connectivity index (χ1v) is 5.35. The molecular weight excluding hydrogens is 258 g/mol. The molecule has 1 aromatic carbocycles. The Morgan fingerprint density at radius 1 is 1.44 bits per heavy atom. The van der Waals surface area contributed by atoms with Crippen LogP contribution in [0.5, 0.6) is 0 Å². The highest BCUT2D eigenvalue weighted by atomic mass is 35.5. The van der Waals surface area contributed by atoms with Crippen molar-refractivity contribution >= 4 is 23.9 Å². The van der Waals surface area contributed by atoms with E-state index < -0.39 is 5.97 Å². The minimum atomic E-state index is -0.701. The Hall–Kier alpha value is -2.14. The molecule has 0 bridgehead atoms. The van der Waals surface area contributed by atoms with Crippen molar-refractivity contribution < 1.29 is 18.8 Å². The molecule has 0 unspecified atom stereocenters. The molecule has 92 valence electrons. The molecule has 0 fully saturated rings. The summed E-state index contributed by atoms with van der Waals surface area (Å²) in [5.74, 6) is -0.581. The van der Waals surface area contributed by atoms with Gasteiger partial charge in [0.15, 0.2) is 17.7 Å². The molecule has 0 amide bonds. The number of aldehydes is 1. The van der Waals surface area contributed by atoms with Gasteiger partial charge in [-0.25, -0.2) is 4.79 Å². The zero-order valence-corrected chi connectivity index (χ0v) is 10.1. The molecule has 0 spiro atoms. The van der Waals surface area contributed by atoms with E-state index >= 15 is 0 Å². The van der Waals surface area contributed by atoms with Crippen LogP contribution in [0.25, 0.3) is 11.3 Å². The van der Waals surface area contributed by atoms with Crippen molar-refractivity contribution in [1.82, 2.24) is 5.16 Å². The Morgan fingerprint density at radius 3 is 2.78 bits per heavy atom. The molecule has 0 radical (unpaired) electrons. The predicted molar refractivity (Wildman–Crippen MR) is 63.7 cm³/mol. The lowest BCUT2D eigenvalue weighted by Gasteiger charge is -2.02. The number of ether oxygens (including phenoxy) is 1. The van der Waals surface area contributed by atoms with Crippen LogP contribution in [-0.4, -0.2) is 24.5 Å². The number of rotatable bonds is 3. The highest BCUT2D eigenvalue weighted by Gasteiger charge is 2.25. The number of methoxy groups -OCH3 is 1. The van der Waals surface area contributed by atoms with E-state index in [4.69, 9.17) is 16.1 Å². The summed E-state index contributed by atoms with van der Waals surface area (Å²) in [5, 5.41) is 3.90. The predicted octanol–water partition coefficient (Wildman–Crippen LogP) is 2.59. The van der Waals surface area contributed by atoms with Gasteiger partial charge in [-0.05, 0) is 12.1 Å². The second kappa shape index (κ2) is 5.01. The van der Waals surface area contributed by atoms with Crippen molar-refractivity contribution in [3.8, 4) is 11.3 Å². The van der Waals surface area contributed by atoms with Crippen LogP contribution < -0.4 is 0 Å². The highest BCUT2D eigenvalue weighted by Crippen LogP contribution is 2.31. The number of halogens is 1. The van der Waals surface area contributed by atoms with Gasteiger partial charge in [0.25, 0.3) is 0 Å². The first-order chi connectivity index (χ1) is 8.69. The first kappa shape index (κ1) is 12.3. The van der Waals surface area contributed by atoms with Crippen molar-refractivity contribution in [3.63, 3.8) is 0 Å². The summed E-state index contributed by atoms with van der Waals surface area (Å²) in [7, 11) is 1.21. The molecule has 0 atom stereocenters. The van der Waals surface area contributed by atoms with E-state index in [2.05, 4.69) is 9.89 Å². The lowest BCUT2D eigenvalue weighted by molar-refractivity contribution is 0.0599. The zero-order chi connectivity index (χ0) is 13.1. The maximum Gasteiger partial charge on any atom is 0.344 e. The number of nitrogens with zero attached hydrogens (tertiary/aromatic N) is 1. The van der Waals surface area contributed by atoms with Crippen molar-refractivity contribution in [2.45, 2.75) is 0 Å². The molecule has 0 aliphatic heterocycles. The maximum atomic E-state index is 11.6. The van der Waals surface area contributed by atoms with E-state index in [-0.39, 0.29) is 17.0 Å². The van der Waals surface area contributed by atoms with E-state index in [9.17, 15) is 9.59 Å². The molecule has 0 N–H and O–H groups in total. The molecule has 1 aromatic heterocycles. The van der Waals surface area contributed by atoms with Gasteiger partial charge in [-0.1, -0.05) is 28.9 Å². The van der Waals surface area contributed by atoms with Gasteiger partial charge in [0, 0.05) is 5.56 Å². The lowest BCUT2D eigenvalue weighted by atomic mass is 10.1. The number of carbonyl (C=O) groups is 2. The number of hydrogen-bond donors (Lipinski definition) is 0. The van der Waals surface area contributed by atoms with Gasteiger partial charge < -0.3 is 9.26 Å². The van der Waals surface area contributed by atoms with Crippen LogP contribution in [0, 0.1) is 0 Å². The summed E-state index contributed by atoms with van der Waals surface area (Å²) in [6.45, 7) is 0. The standard InChI is InChI=1S/C12H8ClNO4/c1-17-12(16)10-9(6-15)14-18-11(10)7-4-2-3-5-8(7)13/h2-6H,1H3. The third-order valence-corrected chi connectivity index (χ3v) is 2.67. The first-order valence-electron chi connectivity index (χ1n) is 4.97. The van der Waals surface area contributed by atoms with Crippen molar-refractivity contribution in [2.75, 3.05) is 7.11 Å².